The summed E-state index contributed by atoms with van der Waals surface area (Å²) in [5.74, 6) is 0.669. The predicted molar refractivity (Wildman–Crippen MR) is 81.5 cm³/mol. The summed E-state index contributed by atoms with van der Waals surface area (Å²) >= 11 is 0. The zero-order valence-electron chi connectivity index (χ0n) is 12.7. The van der Waals surface area contributed by atoms with Crippen LogP contribution in [0.1, 0.15) is 38.3 Å². The van der Waals surface area contributed by atoms with Crippen molar-refractivity contribution in [3.8, 4) is 0 Å². The molecule has 3 nitrogen and oxygen atoms in total. The number of rotatable bonds is 6. The highest BCUT2D eigenvalue weighted by Gasteiger charge is 2.12. The minimum Gasteiger partial charge on any atom is -0.374 e. The molecular weight excluding hydrogens is 236 g/mol. The van der Waals surface area contributed by atoms with Gasteiger partial charge in [-0.3, -0.25) is 4.79 Å². The van der Waals surface area contributed by atoms with E-state index in [0.29, 0.717) is 5.92 Å². The first kappa shape index (κ1) is 15.5. The molecule has 0 aliphatic heterocycles. The zero-order chi connectivity index (χ0) is 14.4. The van der Waals surface area contributed by atoms with Crippen LogP contribution in [0.5, 0.6) is 0 Å². The van der Waals surface area contributed by atoms with E-state index in [0.717, 1.165) is 18.7 Å². The van der Waals surface area contributed by atoms with E-state index in [-0.39, 0.29) is 11.9 Å². The number of carbonyl (C=O) groups excluding carboxylic acids is 1. The SMILES string of the molecule is Cc1ccc(N[C@H](C)C(=O)NCCC(C)C)cc1C. The summed E-state index contributed by atoms with van der Waals surface area (Å²) < 4.78 is 0. The summed E-state index contributed by atoms with van der Waals surface area (Å²) in [5, 5.41) is 6.19. The Labute approximate surface area is 116 Å². The third kappa shape index (κ3) is 5.33. The van der Waals surface area contributed by atoms with Crippen LogP contribution in [0.25, 0.3) is 0 Å². The first-order valence-electron chi connectivity index (χ1n) is 7.01. The molecule has 19 heavy (non-hydrogen) atoms. The highest BCUT2D eigenvalue weighted by Crippen LogP contribution is 2.15. The van der Waals surface area contributed by atoms with E-state index < -0.39 is 0 Å². The molecule has 3 heteroatoms. The molecule has 0 unspecified atom stereocenters. The summed E-state index contributed by atoms with van der Waals surface area (Å²) in [4.78, 5) is 11.9. The molecule has 0 saturated heterocycles. The predicted octanol–water partition coefficient (Wildman–Crippen LogP) is 3.27. The molecule has 0 aliphatic rings. The summed E-state index contributed by atoms with van der Waals surface area (Å²) in [6, 6.07) is 5.95. The van der Waals surface area contributed by atoms with Crippen LogP contribution in [0.2, 0.25) is 0 Å². The molecular formula is C16H26N2O. The van der Waals surface area contributed by atoms with Crippen molar-refractivity contribution in [3.63, 3.8) is 0 Å². The number of nitrogens with one attached hydrogen (secondary N) is 2. The molecule has 2 N–H and O–H groups in total. The van der Waals surface area contributed by atoms with E-state index >= 15 is 0 Å². The Morgan fingerprint density at radius 2 is 1.84 bits per heavy atom. The standard InChI is InChI=1S/C16H26N2O/c1-11(2)8-9-17-16(19)14(5)18-15-7-6-12(3)13(4)10-15/h6-7,10-11,14,18H,8-9H2,1-5H3,(H,17,19)/t14-/m1/s1. The number of benzene rings is 1. The van der Waals surface area contributed by atoms with Crippen LogP contribution < -0.4 is 10.6 Å². The Morgan fingerprint density at radius 3 is 2.42 bits per heavy atom. The van der Waals surface area contributed by atoms with Crippen molar-refractivity contribution in [3.05, 3.63) is 29.3 Å². The second-order valence-corrected chi connectivity index (χ2v) is 5.64. The van der Waals surface area contributed by atoms with Gasteiger partial charge in [0, 0.05) is 12.2 Å². The van der Waals surface area contributed by atoms with E-state index in [1.807, 2.05) is 13.0 Å². The molecule has 0 fully saturated rings. The number of anilines is 1. The van der Waals surface area contributed by atoms with Crippen LogP contribution in [-0.2, 0) is 4.79 Å². The molecule has 1 amide bonds. The van der Waals surface area contributed by atoms with Gasteiger partial charge in [-0.1, -0.05) is 19.9 Å². The lowest BCUT2D eigenvalue weighted by atomic mass is 10.1. The lowest BCUT2D eigenvalue weighted by Crippen LogP contribution is -2.38. The van der Waals surface area contributed by atoms with E-state index in [1.54, 1.807) is 0 Å². The van der Waals surface area contributed by atoms with Gasteiger partial charge in [0.25, 0.3) is 0 Å². The van der Waals surface area contributed by atoms with Crippen LogP contribution in [0.3, 0.4) is 0 Å². The van der Waals surface area contributed by atoms with Gasteiger partial charge in [0.05, 0.1) is 0 Å². The van der Waals surface area contributed by atoms with E-state index in [1.165, 1.54) is 11.1 Å². The minimum absolute atomic E-state index is 0.0545. The average molecular weight is 262 g/mol. The Hall–Kier alpha value is -1.51. The maximum atomic E-state index is 11.9. The molecule has 0 bridgehead atoms. The number of hydrogen-bond donors (Lipinski definition) is 2. The van der Waals surface area contributed by atoms with Gasteiger partial charge in [0.2, 0.25) is 5.91 Å². The molecule has 1 aromatic rings. The molecule has 0 aromatic heterocycles. The van der Waals surface area contributed by atoms with Gasteiger partial charge >= 0.3 is 0 Å². The monoisotopic (exact) mass is 262 g/mol. The fourth-order valence-electron chi connectivity index (χ4n) is 1.78. The Kier molecular flexibility index (Phi) is 5.87. The lowest BCUT2D eigenvalue weighted by Gasteiger charge is -2.16. The van der Waals surface area contributed by atoms with Crippen LogP contribution in [-0.4, -0.2) is 18.5 Å². The van der Waals surface area contributed by atoms with Gasteiger partial charge in [-0.15, -0.1) is 0 Å². The third-order valence-electron chi connectivity index (χ3n) is 3.30. The lowest BCUT2D eigenvalue weighted by molar-refractivity contribution is -0.121. The van der Waals surface area contributed by atoms with Crippen LogP contribution in [0, 0.1) is 19.8 Å². The summed E-state index contributed by atoms with van der Waals surface area (Å²) in [5.41, 5.74) is 3.49. The topological polar surface area (TPSA) is 41.1 Å². The maximum Gasteiger partial charge on any atom is 0.242 e. The molecule has 0 saturated carbocycles. The van der Waals surface area contributed by atoms with Crippen molar-refractivity contribution in [2.24, 2.45) is 5.92 Å². The van der Waals surface area contributed by atoms with Gasteiger partial charge < -0.3 is 10.6 Å². The second-order valence-electron chi connectivity index (χ2n) is 5.64. The quantitative estimate of drug-likeness (QED) is 0.826. The molecule has 1 atom stereocenters. The first-order chi connectivity index (χ1) is 8.90. The Bertz CT molecular complexity index is 427. The van der Waals surface area contributed by atoms with E-state index in [9.17, 15) is 4.79 Å². The normalized spacial score (nSPS) is 12.3. The maximum absolute atomic E-state index is 11.9. The van der Waals surface area contributed by atoms with Gasteiger partial charge in [0.15, 0.2) is 0 Å². The highest BCUT2D eigenvalue weighted by molar-refractivity contribution is 5.84. The van der Waals surface area contributed by atoms with Crippen LogP contribution in [0.4, 0.5) is 5.69 Å². The van der Waals surface area contributed by atoms with Crippen LogP contribution in [0.15, 0.2) is 18.2 Å². The molecule has 106 valence electrons. The number of aryl methyl sites for hydroxylation is 2. The van der Waals surface area contributed by atoms with E-state index in [4.69, 9.17) is 0 Å². The smallest absolute Gasteiger partial charge is 0.242 e. The summed E-state index contributed by atoms with van der Waals surface area (Å²) in [6.07, 6.45) is 1.02. The fourth-order valence-corrected chi connectivity index (χ4v) is 1.78. The Morgan fingerprint density at radius 1 is 1.16 bits per heavy atom. The van der Waals surface area contributed by atoms with Crippen molar-refractivity contribution in [1.82, 2.24) is 5.32 Å². The van der Waals surface area contributed by atoms with Gasteiger partial charge in [-0.25, -0.2) is 0 Å². The van der Waals surface area contributed by atoms with Gasteiger partial charge in [-0.05, 0) is 56.4 Å². The number of amides is 1. The first-order valence-corrected chi connectivity index (χ1v) is 7.01. The largest absolute Gasteiger partial charge is 0.374 e. The molecule has 0 heterocycles. The Balaban J connectivity index is 2.47. The average Bonchev–Trinajstić information content (AvgIpc) is 2.33. The molecule has 0 radical (unpaired) electrons. The molecule has 0 spiro atoms. The fraction of sp³-hybridized carbons (Fsp3) is 0.562. The second kappa shape index (κ2) is 7.17. The highest BCUT2D eigenvalue weighted by atomic mass is 16.2. The molecule has 0 aliphatic carbocycles. The van der Waals surface area contributed by atoms with Crippen molar-refractivity contribution in [1.29, 1.82) is 0 Å². The minimum atomic E-state index is -0.214. The number of hydrogen-bond acceptors (Lipinski definition) is 2. The summed E-state index contributed by atoms with van der Waals surface area (Å²) in [7, 11) is 0. The zero-order valence-corrected chi connectivity index (χ0v) is 12.7. The van der Waals surface area contributed by atoms with Crippen molar-refractivity contribution in [2.45, 2.75) is 47.1 Å². The van der Waals surface area contributed by atoms with Gasteiger partial charge in [0.1, 0.15) is 6.04 Å². The molecule has 1 aromatic carbocycles. The van der Waals surface area contributed by atoms with Crippen LogP contribution >= 0.6 is 0 Å². The van der Waals surface area contributed by atoms with Crippen molar-refractivity contribution < 1.29 is 4.79 Å². The number of carbonyl (C=O) groups is 1. The van der Waals surface area contributed by atoms with Gasteiger partial charge in [-0.2, -0.15) is 0 Å². The van der Waals surface area contributed by atoms with Crippen molar-refractivity contribution >= 4 is 11.6 Å². The van der Waals surface area contributed by atoms with Crippen molar-refractivity contribution in [2.75, 3.05) is 11.9 Å². The molecule has 1 rings (SSSR count). The summed E-state index contributed by atoms with van der Waals surface area (Å²) in [6.45, 7) is 11.1. The third-order valence-corrected chi connectivity index (χ3v) is 3.30. The van der Waals surface area contributed by atoms with E-state index in [2.05, 4.69) is 50.5 Å².